The Morgan fingerprint density at radius 1 is 1.38 bits per heavy atom. The molecule has 1 unspecified atom stereocenters. The summed E-state index contributed by atoms with van der Waals surface area (Å²) in [5.41, 5.74) is 2.13. The first kappa shape index (κ1) is 18.4. The fourth-order valence-electron chi connectivity index (χ4n) is 3.17. The number of benzene rings is 1. The summed E-state index contributed by atoms with van der Waals surface area (Å²) in [5.74, 6) is -0.268. The minimum Gasteiger partial charge on any atom is -0.334 e. The van der Waals surface area contributed by atoms with Crippen LogP contribution in [0.2, 0.25) is 0 Å². The van der Waals surface area contributed by atoms with Gasteiger partial charge in [-0.05, 0) is 51.1 Å². The van der Waals surface area contributed by atoms with Crippen LogP contribution in [0.4, 0.5) is 4.39 Å². The SMILES string of the molecule is CNCC1CCCN1C(=O)c1cnn(-c2ccc(F)cc2)c1C.Cl. The normalized spacial score (nSPS) is 17.0. The second-order valence-corrected chi connectivity index (χ2v) is 5.88. The van der Waals surface area contributed by atoms with Crippen LogP contribution in [0.3, 0.4) is 0 Å². The van der Waals surface area contributed by atoms with Gasteiger partial charge in [0.15, 0.2) is 0 Å². The van der Waals surface area contributed by atoms with Crippen LogP contribution in [0.5, 0.6) is 0 Å². The van der Waals surface area contributed by atoms with E-state index in [9.17, 15) is 9.18 Å². The summed E-state index contributed by atoms with van der Waals surface area (Å²) in [6, 6.07) is 6.33. The van der Waals surface area contributed by atoms with Crippen molar-refractivity contribution in [2.45, 2.75) is 25.8 Å². The van der Waals surface area contributed by atoms with E-state index in [4.69, 9.17) is 0 Å². The highest BCUT2D eigenvalue weighted by Crippen LogP contribution is 2.22. The van der Waals surface area contributed by atoms with Crippen LogP contribution in [0.1, 0.15) is 28.9 Å². The third kappa shape index (κ3) is 3.44. The van der Waals surface area contributed by atoms with Gasteiger partial charge in [-0.25, -0.2) is 9.07 Å². The molecule has 7 heteroatoms. The van der Waals surface area contributed by atoms with Gasteiger partial charge in [0.25, 0.3) is 5.91 Å². The number of amides is 1. The van der Waals surface area contributed by atoms with Gasteiger partial charge < -0.3 is 10.2 Å². The Bertz CT molecular complexity index is 701. The lowest BCUT2D eigenvalue weighted by Crippen LogP contribution is -2.41. The van der Waals surface area contributed by atoms with Crippen molar-refractivity contribution < 1.29 is 9.18 Å². The zero-order chi connectivity index (χ0) is 16.4. The molecule has 1 amide bonds. The zero-order valence-corrected chi connectivity index (χ0v) is 14.6. The molecule has 24 heavy (non-hydrogen) atoms. The Hall–Kier alpha value is -1.92. The first-order valence-corrected chi connectivity index (χ1v) is 7.88. The highest BCUT2D eigenvalue weighted by Gasteiger charge is 2.30. The van der Waals surface area contributed by atoms with Crippen molar-refractivity contribution in [3.05, 3.63) is 47.5 Å². The van der Waals surface area contributed by atoms with Crippen molar-refractivity contribution in [3.8, 4) is 5.69 Å². The molecule has 1 aliphatic heterocycles. The lowest BCUT2D eigenvalue weighted by Gasteiger charge is -2.24. The minimum absolute atomic E-state index is 0. The first-order valence-electron chi connectivity index (χ1n) is 7.88. The maximum atomic E-state index is 13.1. The Morgan fingerprint density at radius 2 is 2.08 bits per heavy atom. The Balaban J connectivity index is 0.00000208. The van der Waals surface area contributed by atoms with Crippen molar-refractivity contribution in [2.24, 2.45) is 0 Å². The fraction of sp³-hybridized carbons (Fsp3) is 0.412. The largest absolute Gasteiger partial charge is 0.334 e. The van der Waals surface area contributed by atoms with Crippen molar-refractivity contribution in [1.29, 1.82) is 0 Å². The van der Waals surface area contributed by atoms with E-state index in [1.54, 1.807) is 23.0 Å². The molecule has 0 spiro atoms. The van der Waals surface area contributed by atoms with Crippen molar-refractivity contribution >= 4 is 18.3 Å². The topological polar surface area (TPSA) is 50.2 Å². The zero-order valence-electron chi connectivity index (χ0n) is 13.8. The number of halogens is 2. The fourth-order valence-corrected chi connectivity index (χ4v) is 3.17. The van der Waals surface area contributed by atoms with Gasteiger partial charge in [-0.15, -0.1) is 12.4 Å². The van der Waals surface area contributed by atoms with E-state index >= 15 is 0 Å². The Kier molecular flexibility index (Phi) is 5.96. The number of aromatic nitrogens is 2. The van der Waals surface area contributed by atoms with Crippen LogP contribution in [0, 0.1) is 12.7 Å². The number of nitrogens with one attached hydrogen (secondary N) is 1. The van der Waals surface area contributed by atoms with Crippen LogP contribution >= 0.6 is 12.4 Å². The molecule has 1 fully saturated rings. The number of carbonyl (C=O) groups excluding carboxylic acids is 1. The molecule has 1 N–H and O–H groups in total. The van der Waals surface area contributed by atoms with Crippen LogP contribution in [-0.2, 0) is 0 Å². The number of hydrogen-bond acceptors (Lipinski definition) is 3. The van der Waals surface area contributed by atoms with Gasteiger partial charge in [-0.3, -0.25) is 4.79 Å². The van der Waals surface area contributed by atoms with Gasteiger partial charge in [0.1, 0.15) is 5.82 Å². The summed E-state index contributed by atoms with van der Waals surface area (Å²) in [6.45, 7) is 3.45. The summed E-state index contributed by atoms with van der Waals surface area (Å²) in [5, 5.41) is 7.46. The van der Waals surface area contributed by atoms with Crippen LogP contribution in [0.25, 0.3) is 5.69 Å². The second-order valence-electron chi connectivity index (χ2n) is 5.88. The maximum Gasteiger partial charge on any atom is 0.257 e. The molecule has 2 aromatic rings. The quantitative estimate of drug-likeness (QED) is 0.920. The third-order valence-electron chi connectivity index (χ3n) is 4.39. The Morgan fingerprint density at radius 3 is 2.75 bits per heavy atom. The smallest absolute Gasteiger partial charge is 0.257 e. The van der Waals surface area contributed by atoms with Gasteiger partial charge >= 0.3 is 0 Å². The van der Waals surface area contributed by atoms with Crippen LogP contribution in [0.15, 0.2) is 30.5 Å². The lowest BCUT2D eigenvalue weighted by molar-refractivity contribution is 0.0736. The van der Waals surface area contributed by atoms with E-state index in [-0.39, 0.29) is 30.2 Å². The molecule has 1 aliphatic rings. The van der Waals surface area contributed by atoms with Gasteiger partial charge in [0.05, 0.1) is 23.1 Å². The third-order valence-corrected chi connectivity index (χ3v) is 4.39. The number of likely N-dealkylation sites (tertiary alicyclic amines) is 1. The number of likely N-dealkylation sites (N-methyl/N-ethyl adjacent to an activating group) is 1. The average Bonchev–Trinajstić information content (AvgIpc) is 3.15. The second kappa shape index (κ2) is 7.77. The van der Waals surface area contributed by atoms with Crippen molar-refractivity contribution in [3.63, 3.8) is 0 Å². The predicted molar refractivity (Wildman–Crippen MR) is 93.5 cm³/mol. The molecule has 1 atom stereocenters. The highest BCUT2D eigenvalue weighted by molar-refractivity contribution is 5.95. The molecule has 5 nitrogen and oxygen atoms in total. The van der Waals surface area contributed by atoms with E-state index in [0.717, 1.165) is 37.3 Å². The molecular weight excluding hydrogens is 331 g/mol. The first-order chi connectivity index (χ1) is 11.1. The van der Waals surface area contributed by atoms with Gasteiger partial charge in [-0.2, -0.15) is 5.10 Å². The van der Waals surface area contributed by atoms with Crippen LogP contribution < -0.4 is 5.32 Å². The Labute approximate surface area is 147 Å². The highest BCUT2D eigenvalue weighted by atomic mass is 35.5. The summed E-state index contributed by atoms with van der Waals surface area (Å²) in [7, 11) is 1.90. The van der Waals surface area contributed by atoms with Gasteiger partial charge in [0, 0.05) is 19.1 Å². The lowest BCUT2D eigenvalue weighted by atomic mass is 10.2. The number of nitrogens with zero attached hydrogens (tertiary/aromatic N) is 3. The summed E-state index contributed by atoms with van der Waals surface area (Å²) in [4.78, 5) is 14.8. The van der Waals surface area contributed by atoms with Gasteiger partial charge in [-0.1, -0.05) is 0 Å². The maximum absolute atomic E-state index is 13.1. The molecular formula is C17H22ClFN4O. The average molecular weight is 353 g/mol. The molecule has 130 valence electrons. The summed E-state index contributed by atoms with van der Waals surface area (Å²) >= 11 is 0. The monoisotopic (exact) mass is 352 g/mol. The number of hydrogen-bond donors (Lipinski definition) is 1. The molecule has 2 heterocycles. The number of carbonyl (C=O) groups is 1. The van der Waals surface area contributed by atoms with Gasteiger partial charge in [0.2, 0.25) is 0 Å². The molecule has 1 aromatic heterocycles. The van der Waals surface area contributed by atoms with Crippen molar-refractivity contribution in [1.82, 2.24) is 20.0 Å². The molecule has 1 saturated heterocycles. The van der Waals surface area contributed by atoms with E-state index in [1.807, 2.05) is 18.9 Å². The van der Waals surface area contributed by atoms with E-state index < -0.39 is 0 Å². The molecule has 0 aliphatic carbocycles. The number of rotatable bonds is 4. The van der Waals surface area contributed by atoms with E-state index in [0.29, 0.717) is 5.56 Å². The molecule has 3 rings (SSSR count). The summed E-state index contributed by atoms with van der Waals surface area (Å²) in [6.07, 6.45) is 3.66. The van der Waals surface area contributed by atoms with E-state index in [1.165, 1.54) is 12.1 Å². The predicted octanol–water partition coefficient (Wildman–Crippen LogP) is 2.57. The molecule has 0 saturated carbocycles. The standard InChI is InChI=1S/C17H21FN4O.ClH/c1-12-16(17(23)21-9-3-4-15(21)10-19-2)11-20-22(12)14-7-5-13(18)6-8-14;/h5-8,11,15,19H,3-4,9-10H2,1-2H3;1H. The molecule has 1 aromatic carbocycles. The van der Waals surface area contributed by atoms with Crippen molar-refractivity contribution in [2.75, 3.05) is 20.1 Å². The molecule has 0 radical (unpaired) electrons. The van der Waals surface area contributed by atoms with E-state index in [2.05, 4.69) is 10.4 Å². The van der Waals surface area contributed by atoms with Crippen LogP contribution in [-0.4, -0.2) is 46.8 Å². The molecule has 0 bridgehead atoms. The minimum atomic E-state index is -0.290. The summed E-state index contributed by atoms with van der Waals surface area (Å²) < 4.78 is 14.7.